The molecule has 0 aromatic carbocycles. The Kier molecular flexibility index (Phi) is 5.50. The second-order valence-electron chi connectivity index (χ2n) is 4.40. The standard InChI is InChI=1S/C10H23NSi/c1-6-9-12(4,5)10-7-8-11(2)3/h6,9H,7-8,10H2,1-5H3/b9-6-. The highest BCUT2D eigenvalue weighted by Gasteiger charge is 2.15. The Morgan fingerprint density at radius 1 is 1.25 bits per heavy atom. The molecule has 2 heteroatoms. The second-order valence-corrected chi connectivity index (χ2v) is 9.21. The Balaban J connectivity index is 3.61. The first-order chi connectivity index (χ1) is 5.48. The van der Waals surface area contributed by atoms with Crippen molar-refractivity contribution in [2.24, 2.45) is 0 Å². The van der Waals surface area contributed by atoms with Crippen LogP contribution in [0.5, 0.6) is 0 Å². The van der Waals surface area contributed by atoms with Crippen molar-refractivity contribution in [3.05, 3.63) is 11.8 Å². The highest BCUT2D eigenvalue weighted by Crippen LogP contribution is 2.13. The van der Waals surface area contributed by atoms with Crippen LogP contribution in [0.2, 0.25) is 19.1 Å². The first-order valence-corrected chi connectivity index (χ1v) is 8.05. The lowest BCUT2D eigenvalue weighted by Crippen LogP contribution is -2.24. The van der Waals surface area contributed by atoms with Crippen molar-refractivity contribution < 1.29 is 0 Å². The lowest BCUT2D eigenvalue weighted by atomic mass is 10.5. The molecule has 0 radical (unpaired) electrons. The molecule has 0 unspecified atom stereocenters. The average molecular weight is 185 g/mol. The molecule has 0 aliphatic heterocycles. The predicted molar refractivity (Wildman–Crippen MR) is 60.3 cm³/mol. The van der Waals surface area contributed by atoms with E-state index in [1.165, 1.54) is 19.0 Å². The minimum atomic E-state index is -0.977. The molecule has 0 fully saturated rings. The molecule has 12 heavy (non-hydrogen) atoms. The zero-order valence-corrected chi connectivity index (χ0v) is 10.2. The van der Waals surface area contributed by atoms with E-state index in [2.05, 4.69) is 50.8 Å². The number of hydrogen-bond donors (Lipinski definition) is 0. The SMILES string of the molecule is C/C=C\[Si](C)(C)CCCN(C)C. The van der Waals surface area contributed by atoms with E-state index in [0.717, 1.165) is 0 Å². The maximum atomic E-state index is 2.43. The van der Waals surface area contributed by atoms with Gasteiger partial charge in [0.05, 0.1) is 8.07 Å². The van der Waals surface area contributed by atoms with E-state index < -0.39 is 8.07 Å². The van der Waals surface area contributed by atoms with E-state index >= 15 is 0 Å². The second kappa shape index (κ2) is 5.54. The van der Waals surface area contributed by atoms with Crippen molar-refractivity contribution in [1.82, 2.24) is 4.90 Å². The van der Waals surface area contributed by atoms with Crippen molar-refractivity contribution in [3.8, 4) is 0 Å². The van der Waals surface area contributed by atoms with Gasteiger partial charge in [-0.1, -0.05) is 30.9 Å². The van der Waals surface area contributed by atoms with E-state index in [9.17, 15) is 0 Å². The lowest BCUT2D eigenvalue weighted by Gasteiger charge is -2.18. The monoisotopic (exact) mass is 185 g/mol. The molecular formula is C10H23NSi. The molecule has 0 saturated heterocycles. The van der Waals surface area contributed by atoms with Gasteiger partial charge in [0.2, 0.25) is 0 Å². The number of allylic oxidation sites excluding steroid dienone is 1. The van der Waals surface area contributed by atoms with Crippen LogP contribution in [0.3, 0.4) is 0 Å². The van der Waals surface area contributed by atoms with E-state index in [0.29, 0.717) is 0 Å². The van der Waals surface area contributed by atoms with E-state index in [-0.39, 0.29) is 0 Å². The fourth-order valence-corrected chi connectivity index (χ4v) is 3.52. The molecule has 0 N–H and O–H groups in total. The summed E-state index contributed by atoms with van der Waals surface area (Å²) >= 11 is 0. The van der Waals surface area contributed by atoms with Gasteiger partial charge in [-0.25, -0.2) is 0 Å². The first-order valence-electron chi connectivity index (χ1n) is 4.76. The summed E-state index contributed by atoms with van der Waals surface area (Å²) in [5, 5.41) is 0. The van der Waals surface area contributed by atoms with Gasteiger partial charge < -0.3 is 4.90 Å². The summed E-state index contributed by atoms with van der Waals surface area (Å²) in [7, 11) is 3.31. The third kappa shape index (κ3) is 6.62. The van der Waals surface area contributed by atoms with Gasteiger partial charge in [-0.2, -0.15) is 0 Å². The van der Waals surface area contributed by atoms with Crippen molar-refractivity contribution >= 4 is 8.07 Å². The molecule has 0 bridgehead atoms. The molecule has 0 heterocycles. The van der Waals surface area contributed by atoms with Gasteiger partial charge in [0.15, 0.2) is 0 Å². The van der Waals surface area contributed by atoms with Gasteiger partial charge in [-0.15, -0.1) is 0 Å². The fourth-order valence-electron chi connectivity index (χ4n) is 1.39. The molecule has 1 nitrogen and oxygen atoms in total. The Hall–Kier alpha value is -0.0831. The largest absolute Gasteiger partial charge is 0.309 e. The fraction of sp³-hybridized carbons (Fsp3) is 0.800. The maximum absolute atomic E-state index is 2.43. The summed E-state index contributed by atoms with van der Waals surface area (Å²) in [5.74, 6) is 0. The number of hydrogen-bond acceptors (Lipinski definition) is 1. The lowest BCUT2D eigenvalue weighted by molar-refractivity contribution is 0.408. The third-order valence-corrected chi connectivity index (χ3v) is 4.92. The quantitative estimate of drug-likeness (QED) is 0.595. The zero-order chi connectivity index (χ0) is 9.61. The summed E-state index contributed by atoms with van der Waals surface area (Å²) < 4.78 is 0. The smallest absolute Gasteiger partial charge is 0.0713 e. The first kappa shape index (κ1) is 11.9. The van der Waals surface area contributed by atoms with Gasteiger partial charge >= 0.3 is 0 Å². The summed E-state index contributed by atoms with van der Waals surface area (Å²) in [6.45, 7) is 8.22. The van der Waals surface area contributed by atoms with Crippen LogP contribution in [0.15, 0.2) is 11.8 Å². The molecule has 72 valence electrons. The van der Waals surface area contributed by atoms with E-state index in [1.807, 2.05) is 0 Å². The van der Waals surface area contributed by atoms with Gasteiger partial charge in [0.1, 0.15) is 0 Å². The van der Waals surface area contributed by atoms with Crippen LogP contribution < -0.4 is 0 Å². The average Bonchev–Trinajstić information content (AvgIpc) is 1.85. The predicted octanol–water partition coefficient (Wildman–Crippen LogP) is 2.76. The molecule has 0 aliphatic carbocycles. The van der Waals surface area contributed by atoms with Crippen molar-refractivity contribution in [2.45, 2.75) is 32.5 Å². The minimum absolute atomic E-state index is 0.977. The van der Waals surface area contributed by atoms with Crippen LogP contribution >= 0.6 is 0 Å². The van der Waals surface area contributed by atoms with Crippen molar-refractivity contribution in [1.29, 1.82) is 0 Å². The summed E-state index contributed by atoms with van der Waals surface area (Å²) in [5.41, 5.74) is 2.43. The van der Waals surface area contributed by atoms with Crippen LogP contribution in [-0.4, -0.2) is 33.6 Å². The molecule has 0 saturated carbocycles. The molecule has 0 atom stereocenters. The van der Waals surface area contributed by atoms with Gasteiger partial charge in [0.25, 0.3) is 0 Å². The highest BCUT2D eigenvalue weighted by molar-refractivity contribution is 6.82. The molecule has 0 aliphatic rings. The molecule has 0 spiro atoms. The van der Waals surface area contributed by atoms with Crippen LogP contribution in [0.1, 0.15) is 13.3 Å². The minimum Gasteiger partial charge on any atom is -0.309 e. The normalized spacial score (nSPS) is 13.2. The zero-order valence-electron chi connectivity index (χ0n) is 9.22. The topological polar surface area (TPSA) is 3.24 Å². The van der Waals surface area contributed by atoms with Crippen LogP contribution in [0.25, 0.3) is 0 Å². The molecule has 0 amide bonds. The molecule has 0 aromatic rings. The van der Waals surface area contributed by atoms with Gasteiger partial charge in [-0.3, -0.25) is 0 Å². The van der Waals surface area contributed by atoms with Gasteiger partial charge in [-0.05, 0) is 34.0 Å². The Bertz CT molecular complexity index is 139. The maximum Gasteiger partial charge on any atom is 0.0713 e. The molecule has 0 aromatic heterocycles. The van der Waals surface area contributed by atoms with Crippen LogP contribution in [0.4, 0.5) is 0 Å². The van der Waals surface area contributed by atoms with Crippen molar-refractivity contribution in [2.75, 3.05) is 20.6 Å². The van der Waals surface area contributed by atoms with E-state index in [4.69, 9.17) is 0 Å². The Morgan fingerprint density at radius 2 is 1.83 bits per heavy atom. The van der Waals surface area contributed by atoms with E-state index in [1.54, 1.807) is 0 Å². The Morgan fingerprint density at radius 3 is 2.25 bits per heavy atom. The summed E-state index contributed by atoms with van der Waals surface area (Å²) in [6.07, 6.45) is 3.55. The number of rotatable bonds is 5. The number of nitrogens with zero attached hydrogens (tertiary/aromatic N) is 1. The Labute approximate surface area is 78.5 Å². The van der Waals surface area contributed by atoms with Crippen LogP contribution in [-0.2, 0) is 0 Å². The van der Waals surface area contributed by atoms with Gasteiger partial charge in [0, 0.05) is 0 Å². The third-order valence-electron chi connectivity index (χ3n) is 2.04. The summed E-state index contributed by atoms with van der Waals surface area (Å²) in [4.78, 5) is 2.26. The van der Waals surface area contributed by atoms with Crippen LogP contribution in [0, 0.1) is 0 Å². The molecular weight excluding hydrogens is 162 g/mol. The highest BCUT2D eigenvalue weighted by atomic mass is 28.3. The molecule has 0 rings (SSSR count). The summed E-state index contributed by atoms with van der Waals surface area (Å²) in [6, 6.07) is 1.41. The van der Waals surface area contributed by atoms with Crippen molar-refractivity contribution in [3.63, 3.8) is 0 Å².